The Labute approximate surface area is 100 Å². The van der Waals surface area contributed by atoms with Crippen molar-refractivity contribution in [1.82, 2.24) is 10.3 Å². The van der Waals surface area contributed by atoms with E-state index in [4.69, 9.17) is 0 Å². The van der Waals surface area contributed by atoms with Gasteiger partial charge in [0.1, 0.15) is 0 Å². The number of hydrogen-bond donors (Lipinski definition) is 2. The van der Waals surface area contributed by atoms with Gasteiger partial charge in [-0.2, -0.15) is 0 Å². The van der Waals surface area contributed by atoms with Crippen LogP contribution < -0.4 is 10.0 Å². The van der Waals surface area contributed by atoms with E-state index in [2.05, 4.69) is 15.0 Å². The third-order valence-electron chi connectivity index (χ3n) is 2.10. The van der Waals surface area contributed by atoms with Crippen LogP contribution in [0.2, 0.25) is 0 Å². The van der Waals surface area contributed by atoms with Gasteiger partial charge < -0.3 is 5.32 Å². The smallest absolute Gasteiger partial charge is 0.234 e. The Hall–Kier alpha value is -0.660. The molecule has 0 aliphatic rings. The molecule has 0 saturated heterocycles. The van der Waals surface area contributed by atoms with Gasteiger partial charge in [0.2, 0.25) is 10.0 Å². The zero-order chi connectivity index (χ0) is 12.2. The summed E-state index contributed by atoms with van der Waals surface area (Å²) in [5.74, 6) is 0.0602. The lowest BCUT2D eigenvalue weighted by Gasteiger charge is -2.08. The fourth-order valence-corrected chi connectivity index (χ4v) is 2.82. The second-order valence-corrected chi connectivity index (χ2v) is 6.23. The van der Waals surface area contributed by atoms with Crippen LogP contribution in [-0.2, 0) is 10.0 Å². The lowest BCUT2D eigenvalue weighted by Crippen LogP contribution is -2.18. The Kier molecular flexibility index (Phi) is 4.69. The van der Waals surface area contributed by atoms with E-state index in [0.29, 0.717) is 5.13 Å². The molecule has 1 aromatic rings. The molecule has 1 atom stereocenters. The second kappa shape index (κ2) is 5.60. The van der Waals surface area contributed by atoms with Gasteiger partial charge in [0.25, 0.3) is 0 Å². The van der Waals surface area contributed by atoms with Gasteiger partial charge in [0.15, 0.2) is 5.13 Å². The average Bonchev–Trinajstić information content (AvgIpc) is 2.66. The van der Waals surface area contributed by atoms with Crippen molar-refractivity contribution >= 4 is 26.5 Å². The molecular formula is C9H17N3O2S2. The highest BCUT2D eigenvalue weighted by molar-refractivity contribution is 7.92. The normalized spacial score (nSPS) is 13.7. The summed E-state index contributed by atoms with van der Waals surface area (Å²) in [4.78, 5) is 4.23. The third kappa shape index (κ3) is 3.73. The van der Waals surface area contributed by atoms with E-state index in [-0.39, 0.29) is 11.8 Å². The molecule has 1 heterocycles. The first-order chi connectivity index (χ1) is 7.48. The zero-order valence-corrected chi connectivity index (χ0v) is 11.3. The number of thiazole rings is 1. The monoisotopic (exact) mass is 263 g/mol. The van der Waals surface area contributed by atoms with Crippen molar-refractivity contribution in [2.24, 2.45) is 0 Å². The van der Waals surface area contributed by atoms with E-state index in [1.54, 1.807) is 6.92 Å². The largest absolute Gasteiger partial charge is 0.309 e. The van der Waals surface area contributed by atoms with Crippen LogP contribution in [0.5, 0.6) is 0 Å². The zero-order valence-electron chi connectivity index (χ0n) is 9.65. The molecule has 0 aliphatic heterocycles. The molecule has 5 nitrogen and oxygen atoms in total. The summed E-state index contributed by atoms with van der Waals surface area (Å²) in [6.45, 7) is 6.47. The van der Waals surface area contributed by atoms with Crippen molar-refractivity contribution in [3.05, 3.63) is 11.1 Å². The fraction of sp³-hybridized carbons (Fsp3) is 0.667. The van der Waals surface area contributed by atoms with Gasteiger partial charge in [-0.3, -0.25) is 4.72 Å². The number of aromatic nitrogens is 1. The molecule has 0 amide bonds. The standard InChI is InChI=1S/C9H17N3O2S2/c1-4-10-7(3)8-6-15-9(11-8)12-16(13,14)5-2/h6-7,10H,4-5H2,1-3H3,(H,11,12). The Morgan fingerprint density at radius 2 is 2.19 bits per heavy atom. The predicted octanol–water partition coefficient (Wildman–Crippen LogP) is 1.58. The molecule has 1 unspecified atom stereocenters. The van der Waals surface area contributed by atoms with Crippen LogP contribution in [0.15, 0.2) is 5.38 Å². The number of sulfonamides is 1. The van der Waals surface area contributed by atoms with Crippen LogP contribution in [-0.4, -0.2) is 25.7 Å². The van der Waals surface area contributed by atoms with E-state index >= 15 is 0 Å². The van der Waals surface area contributed by atoms with E-state index in [1.807, 2.05) is 19.2 Å². The lowest BCUT2D eigenvalue weighted by atomic mass is 10.3. The molecule has 7 heteroatoms. The number of rotatable bonds is 6. The van der Waals surface area contributed by atoms with Crippen molar-refractivity contribution in [2.45, 2.75) is 26.8 Å². The Morgan fingerprint density at radius 1 is 1.50 bits per heavy atom. The minimum atomic E-state index is -3.22. The highest BCUT2D eigenvalue weighted by atomic mass is 32.2. The highest BCUT2D eigenvalue weighted by Gasteiger charge is 2.12. The minimum absolute atomic E-state index is 0.0602. The van der Waals surface area contributed by atoms with E-state index in [9.17, 15) is 8.42 Å². The maximum absolute atomic E-state index is 11.3. The Morgan fingerprint density at radius 3 is 2.75 bits per heavy atom. The number of anilines is 1. The number of nitrogens with zero attached hydrogens (tertiary/aromatic N) is 1. The topological polar surface area (TPSA) is 71.1 Å². The maximum Gasteiger partial charge on any atom is 0.234 e. The first-order valence-corrected chi connectivity index (χ1v) is 7.71. The Balaban J connectivity index is 2.72. The maximum atomic E-state index is 11.3. The summed E-state index contributed by atoms with van der Waals surface area (Å²) < 4.78 is 25.1. The van der Waals surface area contributed by atoms with E-state index < -0.39 is 10.0 Å². The second-order valence-electron chi connectivity index (χ2n) is 3.36. The van der Waals surface area contributed by atoms with Gasteiger partial charge >= 0.3 is 0 Å². The molecule has 92 valence electrons. The summed E-state index contributed by atoms with van der Waals surface area (Å²) in [6, 6.07) is 0.140. The van der Waals surface area contributed by atoms with E-state index in [1.165, 1.54) is 11.3 Å². The molecule has 0 aromatic carbocycles. The fourth-order valence-electron chi connectivity index (χ4n) is 1.15. The van der Waals surface area contributed by atoms with Crippen LogP contribution in [0.25, 0.3) is 0 Å². The molecule has 1 rings (SSSR count). The summed E-state index contributed by atoms with van der Waals surface area (Å²) in [6.07, 6.45) is 0. The molecule has 2 N–H and O–H groups in total. The average molecular weight is 263 g/mol. The quantitative estimate of drug-likeness (QED) is 0.817. The van der Waals surface area contributed by atoms with Crippen molar-refractivity contribution in [3.8, 4) is 0 Å². The Bertz CT molecular complexity index is 428. The van der Waals surface area contributed by atoms with Gasteiger partial charge in [-0.05, 0) is 20.4 Å². The molecule has 0 aliphatic carbocycles. The van der Waals surface area contributed by atoms with Crippen molar-refractivity contribution < 1.29 is 8.42 Å². The van der Waals surface area contributed by atoms with Crippen molar-refractivity contribution in [2.75, 3.05) is 17.0 Å². The van der Waals surface area contributed by atoms with Gasteiger partial charge in [-0.1, -0.05) is 6.92 Å². The van der Waals surface area contributed by atoms with Gasteiger partial charge in [0.05, 0.1) is 11.4 Å². The summed E-state index contributed by atoms with van der Waals surface area (Å²) >= 11 is 1.30. The summed E-state index contributed by atoms with van der Waals surface area (Å²) in [5, 5.41) is 5.51. The van der Waals surface area contributed by atoms with Crippen molar-refractivity contribution in [1.29, 1.82) is 0 Å². The first-order valence-electron chi connectivity index (χ1n) is 5.17. The SMILES string of the molecule is CCNC(C)c1csc(NS(=O)(=O)CC)n1. The molecule has 1 aromatic heterocycles. The summed E-state index contributed by atoms with van der Waals surface area (Å²) in [5.41, 5.74) is 0.862. The van der Waals surface area contributed by atoms with Crippen LogP contribution in [0.3, 0.4) is 0 Å². The first kappa shape index (κ1) is 13.4. The minimum Gasteiger partial charge on any atom is -0.309 e. The van der Waals surface area contributed by atoms with Gasteiger partial charge in [-0.15, -0.1) is 11.3 Å². The molecule has 0 bridgehead atoms. The number of nitrogens with one attached hydrogen (secondary N) is 2. The van der Waals surface area contributed by atoms with Crippen LogP contribution in [0.4, 0.5) is 5.13 Å². The molecule has 0 fully saturated rings. The van der Waals surface area contributed by atoms with Gasteiger partial charge in [0, 0.05) is 11.4 Å². The van der Waals surface area contributed by atoms with Crippen molar-refractivity contribution in [3.63, 3.8) is 0 Å². The van der Waals surface area contributed by atoms with Crippen LogP contribution in [0.1, 0.15) is 32.5 Å². The third-order valence-corrected chi connectivity index (χ3v) is 4.27. The van der Waals surface area contributed by atoms with Crippen LogP contribution in [0, 0.1) is 0 Å². The lowest BCUT2D eigenvalue weighted by molar-refractivity contribution is 0.586. The summed E-state index contributed by atoms with van der Waals surface area (Å²) in [7, 11) is -3.22. The molecule has 0 saturated carbocycles. The van der Waals surface area contributed by atoms with Crippen LogP contribution >= 0.6 is 11.3 Å². The molecule has 16 heavy (non-hydrogen) atoms. The molecular weight excluding hydrogens is 246 g/mol. The molecule has 0 radical (unpaired) electrons. The van der Waals surface area contributed by atoms with E-state index in [0.717, 1.165) is 12.2 Å². The highest BCUT2D eigenvalue weighted by Crippen LogP contribution is 2.21. The predicted molar refractivity (Wildman–Crippen MR) is 67.3 cm³/mol. The molecule has 0 spiro atoms. The number of hydrogen-bond acceptors (Lipinski definition) is 5. The van der Waals surface area contributed by atoms with Gasteiger partial charge in [-0.25, -0.2) is 13.4 Å².